The van der Waals surface area contributed by atoms with E-state index in [9.17, 15) is 0 Å². The first kappa shape index (κ1) is 18.6. The van der Waals surface area contributed by atoms with Crippen LogP contribution in [0.3, 0.4) is 0 Å². The molecular weight excluding hydrogens is 429 g/mol. The van der Waals surface area contributed by atoms with Gasteiger partial charge in [-0.3, -0.25) is 0 Å². The lowest BCUT2D eigenvalue weighted by atomic mass is 10.2. The Kier molecular flexibility index (Phi) is 5.68. The van der Waals surface area contributed by atoms with Gasteiger partial charge in [0.15, 0.2) is 17.5 Å². The molecule has 0 fully saturated rings. The van der Waals surface area contributed by atoms with Crippen molar-refractivity contribution in [1.82, 2.24) is 15.0 Å². The zero-order valence-corrected chi connectivity index (χ0v) is 15.3. The highest BCUT2D eigenvalue weighted by Gasteiger charge is 2.33. The van der Waals surface area contributed by atoms with Crippen molar-refractivity contribution in [3.8, 4) is 6.07 Å². The number of rotatable bonds is 2. The summed E-state index contributed by atoms with van der Waals surface area (Å²) in [6.45, 7) is 0. The summed E-state index contributed by atoms with van der Waals surface area (Å²) in [5.74, 6) is -0.0569. The van der Waals surface area contributed by atoms with Crippen LogP contribution in [-0.2, 0) is 7.59 Å². The zero-order valence-electron chi connectivity index (χ0n) is 10.8. The number of hydrogen-bond donors (Lipinski definition) is 0. The predicted molar refractivity (Wildman–Crippen MR) is 90.7 cm³/mol. The Hall–Kier alpha value is -0.740. The van der Waals surface area contributed by atoms with Crippen molar-refractivity contribution in [1.29, 1.82) is 5.26 Å². The fourth-order valence-electron chi connectivity index (χ4n) is 1.41. The first-order valence-corrected chi connectivity index (χ1v) is 7.94. The van der Waals surface area contributed by atoms with Gasteiger partial charge in [-0.1, -0.05) is 69.6 Å². The molecule has 2 rings (SSSR count). The number of furan rings is 1. The van der Waals surface area contributed by atoms with Crippen LogP contribution in [0, 0.1) is 11.3 Å². The van der Waals surface area contributed by atoms with E-state index in [1.807, 2.05) is 6.07 Å². The van der Waals surface area contributed by atoms with E-state index >= 15 is 0 Å². The third kappa shape index (κ3) is 4.87. The van der Waals surface area contributed by atoms with E-state index in [4.69, 9.17) is 79.3 Å². The van der Waals surface area contributed by atoms with Crippen molar-refractivity contribution < 1.29 is 4.42 Å². The molecule has 0 bridgehead atoms. The molecule has 5 nitrogen and oxygen atoms in total. The van der Waals surface area contributed by atoms with Crippen LogP contribution in [0.4, 0.5) is 0 Å². The van der Waals surface area contributed by atoms with Crippen LogP contribution in [-0.4, -0.2) is 15.0 Å². The molecule has 0 aliphatic carbocycles. The fourth-order valence-corrected chi connectivity index (χ4v) is 1.92. The van der Waals surface area contributed by atoms with Crippen LogP contribution in [0.25, 0.3) is 12.2 Å². The lowest BCUT2D eigenvalue weighted by molar-refractivity contribution is 0.556. The van der Waals surface area contributed by atoms with E-state index in [-0.39, 0.29) is 17.5 Å². The van der Waals surface area contributed by atoms with Gasteiger partial charge in [-0.2, -0.15) is 5.26 Å². The normalized spacial score (nSPS) is 12.6. The van der Waals surface area contributed by atoms with Gasteiger partial charge in [0, 0.05) is 0 Å². The highest BCUT2D eigenvalue weighted by Crippen LogP contribution is 2.39. The van der Waals surface area contributed by atoms with Crippen LogP contribution < -0.4 is 0 Å². The van der Waals surface area contributed by atoms with Crippen molar-refractivity contribution in [2.24, 2.45) is 0 Å². The molecule has 0 saturated carbocycles. The minimum absolute atomic E-state index is 0.0583. The van der Waals surface area contributed by atoms with Gasteiger partial charge in [-0.25, -0.2) is 15.0 Å². The number of hydrogen-bond acceptors (Lipinski definition) is 5. The van der Waals surface area contributed by atoms with Crippen molar-refractivity contribution >= 4 is 81.8 Å². The maximum absolute atomic E-state index is 8.92. The monoisotopic (exact) mass is 430 g/mol. The molecule has 0 spiro atoms. The third-order valence-corrected chi connectivity index (χ3v) is 3.37. The molecule has 0 amide bonds. The fraction of sp³-hybridized carbons (Fsp3) is 0.167. The number of nitrogens with zero attached hydrogens (tertiary/aromatic N) is 4. The van der Waals surface area contributed by atoms with Gasteiger partial charge in [-0.15, -0.1) is 0 Å². The average Bonchev–Trinajstić information content (AvgIpc) is 2.90. The summed E-state index contributed by atoms with van der Waals surface area (Å²) < 4.78 is 1.27. The quantitative estimate of drug-likeness (QED) is 0.612. The Morgan fingerprint density at radius 3 is 2.00 bits per heavy atom. The van der Waals surface area contributed by atoms with Crippen molar-refractivity contribution in [3.63, 3.8) is 0 Å². The summed E-state index contributed by atoms with van der Waals surface area (Å²) in [7, 11) is 0. The van der Waals surface area contributed by atoms with Gasteiger partial charge in [0.2, 0.25) is 7.59 Å². The van der Waals surface area contributed by atoms with E-state index in [1.54, 1.807) is 0 Å². The standard InChI is InChI=1S/C12H4Cl6N4O/c13-11(14,15)9-20-8(21-10(22-9)12(16,17)18)2-1-7-6(5-19)3-4-23-7/h1-4H/b2-1+. The second kappa shape index (κ2) is 7.02. The number of alkyl halides is 6. The van der Waals surface area contributed by atoms with E-state index < -0.39 is 7.59 Å². The summed E-state index contributed by atoms with van der Waals surface area (Å²) in [6.07, 6.45) is 4.23. The van der Waals surface area contributed by atoms with E-state index in [1.165, 1.54) is 24.5 Å². The van der Waals surface area contributed by atoms with Crippen molar-refractivity contribution in [2.45, 2.75) is 7.59 Å². The number of nitriles is 1. The van der Waals surface area contributed by atoms with Crippen LogP contribution in [0.2, 0.25) is 0 Å². The van der Waals surface area contributed by atoms with E-state index in [0.29, 0.717) is 11.3 Å². The molecule has 120 valence electrons. The van der Waals surface area contributed by atoms with Crippen molar-refractivity contribution in [2.75, 3.05) is 0 Å². The summed E-state index contributed by atoms with van der Waals surface area (Å²) in [4.78, 5) is 11.8. The van der Waals surface area contributed by atoms with Crippen molar-refractivity contribution in [3.05, 3.63) is 41.1 Å². The van der Waals surface area contributed by atoms with Gasteiger partial charge in [0.05, 0.1) is 11.8 Å². The zero-order chi connectivity index (χ0) is 17.3. The van der Waals surface area contributed by atoms with E-state index in [0.717, 1.165) is 0 Å². The van der Waals surface area contributed by atoms with E-state index in [2.05, 4.69) is 15.0 Å². The maximum Gasteiger partial charge on any atom is 0.250 e. The molecule has 0 N–H and O–H groups in total. The molecule has 0 unspecified atom stereocenters. The molecule has 2 aromatic heterocycles. The first-order chi connectivity index (χ1) is 10.6. The molecule has 0 aliphatic rings. The highest BCUT2D eigenvalue weighted by atomic mass is 35.6. The second-order valence-corrected chi connectivity index (χ2v) is 8.54. The third-order valence-electron chi connectivity index (χ3n) is 2.36. The minimum Gasteiger partial charge on any atom is -0.464 e. The topological polar surface area (TPSA) is 75.6 Å². The summed E-state index contributed by atoms with van der Waals surface area (Å²) in [6, 6.07) is 3.46. The van der Waals surface area contributed by atoms with Gasteiger partial charge in [-0.05, 0) is 18.2 Å². The van der Waals surface area contributed by atoms with Gasteiger partial charge >= 0.3 is 0 Å². The maximum atomic E-state index is 8.92. The van der Waals surface area contributed by atoms with Gasteiger partial charge in [0.25, 0.3) is 0 Å². The molecule has 23 heavy (non-hydrogen) atoms. The Morgan fingerprint density at radius 1 is 0.957 bits per heavy atom. The molecule has 0 radical (unpaired) electrons. The summed E-state index contributed by atoms with van der Waals surface area (Å²) >= 11 is 34.6. The molecule has 2 aromatic rings. The van der Waals surface area contributed by atoms with Crippen LogP contribution in [0.5, 0.6) is 0 Å². The van der Waals surface area contributed by atoms with Gasteiger partial charge < -0.3 is 4.42 Å². The van der Waals surface area contributed by atoms with Crippen LogP contribution in [0.15, 0.2) is 16.7 Å². The summed E-state index contributed by atoms with van der Waals surface area (Å²) in [5.41, 5.74) is 0.332. The predicted octanol–water partition coefficient (Wildman–Crippen LogP) is 5.16. The lowest BCUT2D eigenvalue weighted by Gasteiger charge is -2.14. The molecular formula is C12H4Cl6N4O. The second-order valence-electron chi connectivity index (χ2n) is 3.98. The Bertz CT molecular complexity index is 752. The van der Waals surface area contributed by atoms with Gasteiger partial charge in [0.1, 0.15) is 11.8 Å². The Labute approximate surface area is 160 Å². The average molecular weight is 433 g/mol. The smallest absolute Gasteiger partial charge is 0.250 e. The lowest BCUT2D eigenvalue weighted by Crippen LogP contribution is -2.16. The molecule has 2 heterocycles. The minimum atomic E-state index is -1.93. The van der Waals surface area contributed by atoms with Crippen LogP contribution in [0.1, 0.15) is 28.8 Å². The first-order valence-electron chi connectivity index (χ1n) is 5.67. The molecule has 11 heteroatoms. The largest absolute Gasteiger partial charge is 0.464 e. The summed E-state index contributed by atoms with van der Waals surface area (Å²) in [5, 5.41) is 8.92. The SMILES string of the molecule is N#Cc1ccoc1/C=C/c1nc(C(Cl)(Cl)Cl)nc(C(Cl)(Cl)Cl)n1. The number of halogens is 6. The Morgan fingerprint density at radius 2 is 1.52 bits per heavy atom. The molecule has 0 aliphatic heterocycles. The molecule has 0 saturated heterocycles. The molecule has 0 aromatic carbocycles. The molecule has 0 atom stereocenters. The Balaban J connectivity index is 2.48. The van der Waals surface area contributed by atoms with Crippen LogP contribution >= 0.6 is 69.6 Å². The number of aromatic nitrogens is 3. The highest BCUT2D eigenvalue weighted by molar-refractivity contribution is 6.67.